The quantitative estimate of drug-likeness (QED) is 0.0856. The van der Waals surface area contributed by atoms with Crippen LogP contribution in [-0.2, 0) is 31.1 Å². The van der Waals surface area contributed by atoms with Crippen LogP contribution < -0.4 is 9.80 Å². The van der Waals surface area contributed by atoms with Gasteiger partial charge in [0.2, 0.25) is 5.71 Å². The molecule has 0 unspecified atom stereocenters. The zero-order valence-corrected chi connectivity index (χ0v) is 43.8. The Kier molecular flexibility index (Phi) is 12.3. The minimum atomic E-state index is -0.354. The first-order valence-corrected chi connectivity index (χ1v) is 27.6. The van der Waals surface area contributed by atoms with E-state index >= 15 is 0 Å². The average Bonchev–Trinajstić information content (AvgIpc) is 4.14. The standard InChI is InChI=1S/C69H69N3O/c1-7-11-17-46-23-31-51(32-24-46)70(52-33-25-47(26-34-52)18-12-8-2)55-39-41-58-61(44-55)69(5,6)67-65(58)64-57-22-16-15-21-50(57)43-60-63-59-42-40-56(45-62(59)73-68(63)72(67)66(60)64)71(53-35-27-48(28-36-53)19-13-9-3)54-37-29-49(30-38-54)20-14-10-4/h15-16,21-45H,7-14,17-20H2,1-6H3. The third-order valence-electron chi connectivity index (χ3n) is 16.2. The van der Waals surface area contributed by atoms with Crippen molar-refractivity contribution in [2.75, 3.05) is 9.80 Å². The number of fused-ring (bicyclic) bond motifs is 12. The molecular weight excluding hydrogens is 887 g/mol. The molecule has 1 aliphatic carbocycles. The molecule has 3 heterocycles. The van der Waals surface area contributed by atoms with E-state index in [-0.39, 0.29) is 5.41 Å². The van der Waals surface area contributed by atoms with Crippen LogP contribution in [0, 0.1) is 0 Å². The molecule has 4 heteroatoms. The minimum absolute atomic E-state index is 0.354. The maximum atomic E-state index is 7.35. The number of aryl methyl sites for hydroxylation is 4. The second-order valence-corrected chi connectivity index (χ2v) is 21.5. The Balaban J connectivity index is 1.02. The molecule has 1 aliphatic rings. The third kappa shape index (κ3) is 8.05. The topological polar surface area (TPSA) is 24.0 Å². The summed E-state index contributed by atoms with van der Waals surface area (Å²) in [5, 5.41) is 7.42. The molecule has 73 heavy (non-hydrogen) atoms. The number of anilines is 6. The van der Waals surface area contributed by atoms with Gasteiger partial charge in [0.25, 0.3) is 0 Å². The summed E-state index contributed by atoms with van der Waals surface area (Å²) < 4.78 is 9.87. The Bertz CT molecular complexity index is 3640. The molecule has 0 radical (unpaired) electrons. The van der Waals surface area contributed by atoms with Crippen molar-refractivity contribution < 1.29 is 4.42 Å². The van der Waals surface area contributed by atoms with Gasteiger partial charge < -0.3 is 14.2 Å². The van der Waals surface area contributed by atoms with Gasteiger partial charge in [-0.1, -0.05) is 146 Å². The van der Waals surface area contributed by atoms with E-state index in [0.717, 1.165) is 59.4 Å². The molecule has 0 spiro atoms. The van der Waals surface area contributed by atoms with E-state index in [1.165, 1.54) is 146 Å². The Morgan fingerprint density at radius 3 is 1.38 bits per heavy atom. The largest absolute Gasteiger partial charge is 0.439 e. The monoisotopic (exact) mass is 956 g/mol. The third-order valence-corrected chi connectivity index (χ3v) is 16.2. The highest BCUT2D eigenvalue weighted by molar-refractivity contribution is 6.31. The van der Waals surface area contributed by atoms with Crippen LogP contribution in [0.4, 0.5) is 34.1 Å². The van der Waals surface area contributed by atoms with E-state index < -0.39 is 0 Å². The first-order valence-electron chi connectivity index (χ1n) is 27.6. The zero-order chi connectivity index (χ0) is 49.8. The molecule has 366 valence electrons. The number of benzene rings is 8. The molecule has 3 aromatic heterocycles. The van der Waals surface area contributed by atoms with Crippen molar-refractivity contribution in [3.05, 3.63) is 197 Å². The lowest BCUT2D eigenvalue weighted by molar-refractivity contribution is 0.606. The van der Waals surface area contributed by atoms with E-state index in [0.29, 0.717) is 0 Å². The van der Waals surface area contributed by atoms with Gasteiger partial charge in [-0.05, 0) is 174 Å². The van der Waals surface area contributed by atoms with Crippen LogP contribution >= 0.6 is 0 Å². The van der Waals surface area contributed by atoms with E-state index in [1.807, 2.05) is 0 Å². The van der Waals surface area contributed by atoms with Gasteiger partial charge in [-0.2, -0.15) is 0 Å². The fourth-order valence-electron chi connectivity index (χ4n) is 12.2. The first-order chi connectivity index (χ1) is 35.8. The van der Waals surface area contributed by atoms with Crippen LogP contribution in [0.2, 0.25) is 0 Å². The fourth-order valence-corrected chi connectivity index (χ4v) is 12.2. The molecule has 4 nitrogen and oxygen atoms in total. The number of hydrogen-bond acceptors (Lipinski definition) is 3. The van der Waals surface area contributed by atoms with E-state index in [1.54, 1.807) is 0 Å². The van der Waals surface area contributed by atoms with E-state index in [9.17, 15) is 0 Å². The Morgan fingerprint density at radius 2 is 0.890 bits per heavy atom. The molecule has 8 aromatic carbocycles. The molecule has 0 bridgehead atoms. The van der Waals surface area contributed by atoms with Gasteiger partial charge in [-0.15, -0.1) is 0 Å². The molecular formula is C69H69N3O. The average molecular weight is 956 g/mol. The zero-order valence-electron chi connectivity index (χ0n) is 43.8. The van der Waals surface area contributed by atoms with Gasteiger partial charge in [0.15, 0.2) is 0 Å². The van der Waals surface area contributed by atoms with Crippen LogP contribution in [-0.4, -0.2) is 4.40 Å². The summed E-state index contributed by atoms with van der Waals surface area (Å²) in [5.74, 6) is 0. The highest BCUT2D eigenvalue weighted by Crippen LogP contribution is 2.58. The Hall–Kier alpha value is -7.30. The highest BCUT2D eigenvalue weighted by Gasteiger charge is 2.43. The number of rotatable bonds is 18. The summed E-state index contributed by atoms with van der Waals surface area (Å²) in [6, 6.07) is 62.6. The highest BCUT2D eigenvalue weighted by atomic mass is 16.3. The molecule has 0 aliphatic heterocycles. The lowest BCUT2D eigenvalue weighted by atomic mass is 9.85. The van der Waals surface area contributed by atoms with Crippen LogP contribution in [0.1, 0.15) is 126 Å². The second kappa shape index (κ2) is 19.3. The lowest BCUT2D eigenvalue weighted by Crippen LogP contribution is -2.18. The van der Waals surface area contributed by atoms with Crippen LogP contribution in [0.3, 0.4) is 0 Å². The van der Waals surface area contributed by atoms with E-state index in [2.05, 4.69) is 220 Å². The predicted molar refractivity (Wildman–Crippen MR) is 312 cm³/mol. The summed E-state index contributed by atoms with van der Waals surface area (Å²) in [6.07, 6.45) is 14.0. The van der Waals surface area contributed by atoms with E-state index in [4.69, 9.17) is 4.42 Å². The van der Waals surface area contributed by atoms with Crippen molar-refractivity contribution in [3.63, 3.8) is 0 Å². The van der Waals surface area contributed by atoms with Crippen molar-refractivity contribution in [2.24, 2.45) is 0 Å². The van der Waals surface area contributed by atoms with Crippen LogP contribution in [0.25, 0.3) is 60.3 Å². The van der Waals surface area contributed by atoms with Gasteiger partial charge in [0, 0.05) is 73.0 Å². The van der Waals surface area contributed by atoms with Gasteiger partial charge in [0.1, 0.15) is 5.58 Å². The molecule has 12 rings (SSSR count). The predicted octanol–water partition coefficient (Wildman–Crippen LogP) is 20.2. The number of aromatic nitrogens is 1. The lowest BCUT2D eigenvalue weighted by Gasteiger charge is -2.28. The molecule has 0 N–H and O–H groups in total. The smallest absolute Gasteiger partial charge is 0.213 e. The summed E-state index contributed by atoms with van der Waals surface area (Å²) in [5.41, 5.74) is 20.4. The van der Waals surface area contributed by atoms with Gasteiger partial charge in [-0.25, -0.2) is 0 Å². The van der Waals surface area contributed by atoms with Crippen LogP contribution in [0.15, 0.2) is 168 Å². The number of unbranched alkanes of at least 4 members (excludes halogenated alkanes) is 4. The summed E-state index contributed by atoms with van der Waals surface area (Å²) in [6.45, 7) is 13.9. The van der Waals surface area contributed by atoms with Crippen molar-refractivity contribution in [3.8, 4) is 11.1 Å². The SMILES string of the molecule is CCCCc1ccc(N(c2ccc(CCCC)cc2)c2ccc3c(c2)C(C)(C)c2c-3c3c4ccccc4cc4c5c6ccc(N(c7ccc(CCCC)cc7)c7ccc(CCCC)cc7)cc6oc5n2c43)cc1. The number of hydrogen-bond donors (Lipinski definition) is 0. The van der Waals surface area contributed by atoms with Crippen molar-refractivity contribution in [1.29, 1.82) is 0 Å². The number of furan rings is 1. The fraction of sp³-hybridized carbons (Fsp3) is 0.275. The normalized spacial score (nSPS) is 13.0. The van der Waals surface area contributed by atoms with Gasteiger partial charge >= 0.3 is 0 Å². The summed E-state index contributed by atoms with van der Waals surface area (Å²) in [7, 11) is 0. The maximum Gasteiger partial charge on any atom is 0.213 e. The second-order valence-electron chi connectivity index (χ2n) is 21.5. The Morgan fingerprint density at radius 1 is 0.438 bits per heavy atom. The van der Waals surface area contributed by atoms with Crippen molar-refractivity contribution in [1.82, 2.24) is 4.40 Å². The minimum Gasteiger partial charge on any atom is -0.439 e. The van der Waals surface area contributed by atoms with Gasteiger partial charge in [-0.3, -0.25) is 4.40 Å². The summed E-state index contributed by atoms with van der Waals surface area (Å²) in [4.78, 5) is 4.86. The maximum absolute atomic E-state index is 7.35. The number of nitrogens with zero attached hydrogens (tertiary/aromatic N) is 3. The molecule has 11 aromatic rings. The summed E-state index contributed by atoms with van der Waals surface area (Å²) >= 11 is 0. The van der Waals surface area contributed by atoms with Gasteiger partial charge in [0.05, 0.1) is 10.9 Å². The molecule has 0 saturated carbocycles. The molecule has 0 fully saturated rings. The first kappa shape index (κ1) is 46.8. The molecule has 0 amide bonds. The van der Waals surface area contributed by atoms with Crippen molar-refractivity contribution in [2.45, 2.75) is 124 Å². The van der Waals surface area contributed by atoms with Crippen LogP contribution in [0.5, 0.6) is 0 Å². The molecule has 0 atom stereocenters. The molecule has 0 saturated heterocycles. The van der Waals surface area contributed by atoms with Crippen molar-refractivity contribution >= 4 is 83.3 Å². The Labute approximate surface area is 432 Å².